The Morgan fingerprint density at radius 2 is 1.57 bits per heavy atom. The van der Waals surface area contributed by atoms with E-state index in [-0.39, 0.29) is 23.3 Å². The highest BCUT2D eigenvalue weighted by Crippen LogP contribution is 2.32. The predicted octanol–water partition coefficient (Wildman–Crippen LogP) is 3.79. The van der Waals surface area contributed by atoms with Crippen LogP contribution in [0.4, 0.5) is 13.6 Å². The van der Waals surface area contributed by atoms with Gasteiger partial charge in [0.15, 0.2) is 0 Å². The molecule has 2 aromatic rings. The molecule has 0 unspecified atom stereocenters. The number of quaternary nitrogens is 1. The summed E-state index contributed by atoms with van der Waals surface area (Å²) in [6.07, 6.45) is 0.924. The van der Waals surface area contributed by atoms with Crippen LogP contribution in [0.5, 0.6) is 0 Å². The van der Waals surface area contributed by atoms with Crippen molar-refractivity contribution in [1.82, 2.24) is 5.32 Å². The number of carbonyl (C=O) groups is 1. The zero-order chi connectivity index (χ0) is 21.2. The first-order chi connectivity index (χ1) is 14.4. The Morgan fingerprint density at radius 1 is 1.03 bits per heavy atom. The van der Waals surface area contributed by atoms with Gasteiger partial charge in [-0.15, -0.1) is 0 Å². The number of carbonyl (C=O) groups excluding carboxylic acids is 1. The molecule has 5 nitrogen and oxygen atoms in total. The van der Waals surface area contributed by atoms with Gasteiger partial charge in [-0.2, -0.15) is 0 Å². The van der Waals surface area contributed by atoms with E-state index < -0.39 is 6.10 Å². The average molecular weight is 417 g/mol. The summed E-state index contributed by atoms with van der Waals surface area (Å²) < 4.78 is 39.3. The van der Waals surface area contributed by atoms with Crippen LogP contribution in [0, 0.1) is 11.6 Å². The van der Waals surface area contributed by atoms with Gasteiger partial charge in [-0.25, -0.2) is 13.6 Å². The molecular weight excluding hydrogens is 390 g/mol. The highest BCUT2D eigenvalue weighted by Gasteiger charge is 2.47. The number of nitrogens with zero attached hydrogens (tertiary/aromatic N) is 1. The number of benzene rings is 2. The second-order valence-electron chi connectivity index (χ2n) is 8.57. The van der Waals surface area contributed by atoms with Crippen molar-refractivity contribution < 1.29 is 27.5 Å². The number of ether oxygens (including phenoxy) is 2. The third-order valence-corrected chi connectivity index (χ3v) is 6.34. The zero-order valence-corrected chi connectivity index (χ0v) is 17.1. The van der Waals surface area contributed by atoms with Crippen LogP contribution in [0.2, 0.25) is 0 Å². The number of piperidine rings is 1. The molecule has 0 aliphatic carbocycles. The van der Waals surface area contributed by atoms with Crippen molar-refractivity contribution in [1.29, 1.82) is 0 Å². The molecule has 0 atom stereocenters. The Bertz CT molecular complexity index is 833. The lowest BCUT2D eigenvalue weighted by Gasteiger charge is -2.43. The van der Waals surface area contributed by atoms with Crippen molar-refractivity contribution in [3.8, 4) is 0 Å². The van der Waals surface area contributed by atoms with Gasteiger partial charge in [0, 0.05) is 12.8 Å². The largest absolute Gasteiger partial charge is 0.441 e. The smallest absolute Gasteiger partial charge is 0.407 e. The third kappa shape index (κ3) is 4.63. The van der Waals surface area contributed by atoms with Gasteiger partial charge in [-0.3, -0.25) is 0 Å². The summed E-state index contributed by atoms with van der Waals surface area (Å²) in [5.74, 6) is -0.613. The van der Waals surface area contributed by atoms with E-state index >= 15 is 0 Å². The summed E-state index contributed by atoms with van der Waals surface area (Å²) in [5.41, 5.74) is 1.29. The summed E-state index contributed by atoms with van der Waals surface area (Å²) in [4.78, 5) is 11.4. The van der Waals surface area contributed by atoms with Crippen molar-refractivity contribution in [3.63, 3.8) is 0 Å². The molecule has 0 aromatic heterocycles. The van der Waals surface area contributed by atoms with Gasteiger partial charge in [0.1, 0.15) is 29.9 Å². The quantitative estimate of drug-likeness (QED) is 0.728. The van der Waals surface area contributed by atoms with Gasteiger partial charge in [0.2, 0.25) is 0 Å². The first-order valence-corrected chi connectivity index (χ1v) is 10.3. The molecule has 1 amide bonds. The van der Waals surface area contributed by atoms with E-state index in [4.69, 9.17) is 9.47 Å². The Kier molecular flexibility index (Phi) is 5.75. The Balaban J connectivity index is 1.39. The molecule has 7 heteroatoms. The summed E-state index contributed by atoms with van der Waals surface area (Å²) in [6.45, 7) is 3.68. The van der Waals surface area contributed by atoms with Crippen molar-refractivity contribution in [2.24, 2.45) is 0 Å². The lowest BCUT2D eigenvalue weighted by atomic mass is 9.90. The summed E-state index contributed by atoms with van der Waals surface area (Å²) >= 11 is 0. The van der Waals surface area contributed by atoms with Crippen LogP contribution in [0.25, 0.3) is 0 Å². The van der Waals surface area contributed by atoms with Crippen LogP contribution in [0.1, 0.15) is 30.1 Å². The number of halogens is 2. The standard InChI is InChI=1S/C23H26F2N2O3/c1-27(12-10-23(11-13-27)16-26-22(28)30-23)14-15-29-21(17-2-6-19(24)7-3-17)18-4-8-20(25)9-5-18/h2-9,21H,10-16H2,1H3/p+1. The Labute approximate surface area is 175 Å². The summed E-state index contributed by atoms with van der Waals surface area (Å²) in [6, 6.07) is 12.4. The highest BCUT2D eigenvalue weighted by atomic mass is 19.1. The molecule has 0 bridgehead atoms. The average Bonchev–Trinajstić information content (AvgIpc) is 3.11. The Hall–Kier alpha value is -2.51. The minimum absolute atomic E-state index is 0.306. The third-order valence-electron chi connectivity index (χ3n) is 6.34. The topological polar surface area (TPSA) is 47.6 Å². The highest BCUT2D eigenvalue weighted by molar-refractivity contribution is 5.70. The lowest BCUT2D eigenvalue weighted by Crippen LogP contribution is -2.57. The fraction of sp³-hybridized carbons (Fsp3) is 0.435. The van der Waals surface area contributed by atoms with E-state index in [2.05, 4.69) is 12.4 Å². The molecule has 2 aromatic carbocycles. The molecule has 4 rings (SSSR count). The molecule has 160 valence electrons. The maximum atomic E-state index is 13.4. The molecule has 2 heterocycles. The first-order valence-electron chi connectivity index (χ1n) is 10.3. The fourth-order valence-corrected chi connectivity index (χ4v) is 4.24. The van der Waals surface area contributed by atoms with Gasteiger partial charge < -0.3 is 19.3 Å². The minimum Gasteiger partial charge on any atom is -0.441 e. The minimum atomic E-state index is -0.395. The first kappa shape index (κ1) is 20.8. The number of hydrogen-bond acceptors (Lipinski definition) is 3. The number of hydrogen-bond donors (Lipinski definition) is 1. The SMILES string of the molecule is C[N+]1(CCOC(c2ccc(F)cc2)c2ccc(F)cc2)CCC2(CC1)CNC(=O)O2. The predicted molar refractivity (Wildman–Crippen MR) is 108 cm³/mol. The molecule has 0 radical (unpaired) electrons. The van der Waals surface area contributed by atoms with E-state index in [0.717, 1.165) is 48.1 Å². The molecule has 30 heavy (non-hydrogen) atoms. The number of amides is 1. The number of alkyl carbamates (subject to hydrolysis) is 1. The maximum Gasteiger partial charge on any atom is 0.407 e. The maximum absolute atomic E-state index is 13.4. The van der Waals surface area contributed by atoms with E-state index in [9.17, 15) is 13.6 Å². The second kappa shape index (κ2) is 8.32. The molecule has 1 spiro atoms. The van der Waals surface area contributed by atoms with Crippen LogP contribution in [0.3, 0.4) is 0 Å². The van der Waals surface area contributed by atoms with Crippen molar-refractivity contribution in [2.45, 2.75) is 24.5 Å². The van der Waals surface area contributed by atoms with Gasteiger partial charge in [0.05, 0.1) is 33.3 Å². The van der Waals surface area contributed by atoms with E-state index in [1.807, 2.05) is 0 Å². The molecule has 0 saturated carbocycles. The van der Waals surface area contributed by atoms with Crippen LogP contribution < -0.4 is 5.32 Å². The Morgan fingerprint density at radius 3 is 2.03 bits per heavy atom. The van der Waals surface area contributed by atoms with Crippen molar-refractivity contribution in [3.05, 3.63) is 71.3 Å². The monoisotopic (exact) mass is 417 g/mol. The van der Waals surface area contributed by atoms with Crippen LogP contribution in [-0.2, 0) is 9.47 Å². The molecule has 2 aliphatic heterocycles. The molecular formula is C23H27F2N2O3+. The van der Waals surface area contributed by atoms with E-state index in [0.29, 0.717) is 13.2 Å². The van der Waals surface area contributed by atoms with Gasteiger partial charge in [-0.05, 0) is 35.4 Å². The number of rotatable bonds is 6. The molecule has 2 aliphatic rings. The lowest BCUT2D eigenvalue weighted by molar-refractivity contribution is -0.916. The molecule has 1 N–H and O–H groups in total. The zero-order valence-electron chi connectivity index (χ0n) is 17.1. The molecule has 2 fully saturated rings. The molecule has 2 saturated heterocycles. The normalized spacial score (nSPS) is 26.1. The number of nitrogens with one attached hydrogen (secondary N) is 1. The summed E-state index contributed by atoms with van der Waals surface area (Å²) in [7, 11) is 2.19. The fourth-order valence-electron chi connectivity index (χ4n) is 4.24. The van der Waals surface area contributed by atoms with Crippen LogP contribution in [-0.4, -0.2) is 56.0 Å². The summed E-state index contributed by atoms with van der Waals surface area (Å²) in [5, 5.41) is 2.76. The van der Waals surface area contributed by atoms with Crippen molar-refractivity contribution in [2.75, 3.05) is 39.8 Å². The van der Waals surface area contributed by atoms with Gasteiger partial charge in [0.25, 0.3) is 0 Å². The van der Waals surface area contributed by atoms with Crippen LogP contribution in [0.15, 0.2) is 48.5 Å². The number of likely N-dealkylation sites (N-methyl/N-ethyl adjacent to an activating group) is 1. The van der Waals surface area contributed by atoms with Crippen LogP contribution >= 0.6 is 0 Å². The number of likely N-dealkylation sites (tertiary alicyclic amines) is 1. The van der Waals surface area contributed by atoms with E-state index in [1.165, 1.54) is 24.3 Å². The van der Waals surface area contributed by atoms with Crippen molar-refractivity contribution >= 4 is 6.09 Å². The van der Waals surface area contributed by atoms with Gasteiger partial charge >= 0.3 is 6.09 Å². The second-order valence-corrected chi connectivity index (χ2v) is 8.57. The van der Waals surface area contributed by atoms with Gasteiger partial charge in [-0.1, -0.05) is 24.3 Å². The van der Waals surface area contributed by atoms with E-state index in [1.54, 1.807) is 24.3 Å².